The summed E-state index contributed by atoms with van der Waals surface area (Å²) >= 11 is 1.55. The normalized spacial score (nSPS) is 21.9. The third-order valence-electron chi connectivity index (χ3n) is 6.79. The first kappa shape index (κ1) is 24.4. The highest BCUT2D eigenvalue weighted by atomic mass is 32.2. The van der Waals surface area contributed by atoms with Gasteiger partial charge in [-0.05, 0) is 62.3 Å². The number of aryl methyl sites for hydroxylation is 1. The van der Waals surface area contributed by atoms with Crippen LogP contribution in [0.3, 0.4) is 0 Å². The molecule has 2 aliphatic carbocycles. The van der Waals surface area contributed by atoms with Crippen LogP contribution in [0.25, 0.3) is 10.4 Å². The van der Waals surface area contributed by atoms with E-state index >= 15 is 0 Å². The van der Waals surface area contributed by atoms with Gasteiger partial charge in [-0.1, -0.05) is 43.4 Å². The Labute approximate surface area is 201 Å². The summed E-state index contributed by atoms with van der Waals surface area (Å²) < 4.78 is 34.4. The number of thiazole rings is 1. The molecule has 3 N–H and O–H groups in total. The quantitative estimate of drug-likeness (QED) is 0.468. The van der Waals surface area contributed by atoms with Crippen molar-refractivity contribution in [1.29, 1.82) is 0 Å². The second-order valence-electron chi connectivity index (χ2n) is 9.30. The topological polar surface area (TPSA) is 101 Å². The summed E-state index contributed by atoms with van der Waals surface area (Å²) in [4.78, 5) is 5.74. The number of nitrogens with one attached hydrogen (secondary N) is 2. The number of anilines is 1. The third kappa shape index (κ3) is 6.07. The van der Waals surface area contributed by atoms with E-state index in [-0.39, 0.29) is 10.9 Å². The maximum Gasteiger partial charge on any atom is 0.244 e. The van der Waals surface area contributed by atoms with Gasteiger partial charge in [0.15, 0.2) is 5.13 Å². The molecule has 2 saturated carbocycles. The third-order valence-corrected chi connectivity index (χ3v) is 9.50. The van der Waals surface area contributed by atoms with E-state index in [0.717, 1.165) is 33.7 Å². The van der Waals surface area contributed by atoms with E-state index < -0.39 is 16.1 Å². The molecule has 7 nitrogen and oxygen atoms in total. The van der Waals surface area contributed by atoms with Crippen LogP contribution in [0.5, 0.6) is 5.75 Å². The Morgan fingerprint density at radius 3 is 2.67 bits per heavy atom. The molecular formula is C24H35N3O4S2. The standard InChI is InChI=1S/C24H35N3O4S2/c1-16-23(32-24(26-16)25-13-12-17-6-4-3-5-7-17)18-8-11-21(31-2)22(14-18)33(29,30)27-19-9-10-20(28)15-19/h8,11,14,17,19-20,27-28H,3-7,9-10,12-13,15H2,1-2H3,(H,25,26). The van der Waals surface area contributed by atoms with E-state index in [1.165, 1.54) is 45.6 Å². The average molecular weight is 494 g/mol. The molecule has 2 aromatic rings. The molecule has 0 saturated heterocycles. The minimum absolute atomic E-state index is 0.114. The highest BCUT2D eigenvalue weighted by Crippen LogP contribution is 2.37. The van der Waals surface area contributed by atoms with E-state index in [1.807, 2.05) is 13.0 Å². The van der Waals surface area contributed by atoms with Gasteiger partial charge in [0.1, 0.15) is 10.6 Å². The van der Waals surface area contributed by atoms with Gasteiger partial charge in [-0.15, -0.1) is 0 Å². The average Bonchev–Trinajstić information content (AvgIpc) is 3.38. The SMILES string of the molecule is COc1ccc(-c2sc(NCCC3CCCCC3)nc2C)cc1S(=O)(=O)NC1CCC(O)C1. The van der Waals surface area contributed by atoms with Gasteiger partial charge in [-0.3, -0.25) is 0 Å². The number of benzene rings is 1. The fourth-order valence-electron chi connectivity index (χ4n) is 4.97. The molecule has 0 bridgehead atoms. The van der Waals surface area contributed by atoms with E-state index in [2.05, 4.69) is 15.0 Å². The Bertz CT molecular complexity index is 1050. The van der Waals surface area contributed by atoms with E-state index in [0.29, 0.717) is 25.0 Å². The smallest absolute Gasteiger partial charge is 0.244 e. The van der Waals surface area contributed by atoms with Crippen molar-refractivity contribution in [2.24, 2.45) is 5.92 Å². The molecule has 0 amide bonds. The van der Waals surface area contributed by atoms with Gasteiger partial charge in [0.25, 0.3) is 0 Å². The summed E-state index contributed by atoms with van der Waals surface area (Å²) in [6.07, 6.45) is 9.14. The second-order valence-corrected chi connectivity index (χ2v) is 12.0. The van der Waals surface area contributed by atoms with Crippen LogP contribution in [0.2, 0.25) is 0 Å². The molecule has 4 rings (SSSR count). The Kier molecular flexibility index (Phi) is 7.94. The molecule has 0 radical (unpaired) electrons. The Hall–Kier alpha value is -1.68. The van der Waals surface area contributed by atoms with Crippen LogP contribution in [0.1, 0.15) is 63.5 Å². The molecule has 2 fully saturated rings. The van der Waals surface area contributed by atoms with Crippen LogP contribution in [0.15, 0.2) is 23.1 Å². The van der Waals surface area contributed by atoms with Crippen molar-refractivity contribution in [3.8, 4) is 16.2 Å². The summed E-state index contributed by atoms with van der Waals surface area (Å²) in [5.74, 6) is 1.12. The molecule has 0 aliphatic heterocycles. The van der Waals surface area contributed by atoms with E-state index in [1.54, 1.807) is 23.5 Å². The number of hydrogen-bond donors (Lipinski definition) is 3. The predicted molar refractivity (Wildman–Crippen MR) is 132 cm³/mol. The predicted octanol–water partition coefficient (Wildman–Crippen LogP) is 4.70. The van der Waals surface area contributed by atoms with E-state index in [9.17, 15) is 13.5 Å². The molecule has 2 unspecified atom stereocenters. The molecule has 2 atom stereocenters. The van der Waals surface area contributed by atoms with Crippen molar-refractivity contribution in [3.63, 3.8) is 0 Å². The largest absolute Gasteiger partial charge is 0.495 e. The first-order chi connectivity index (χ1) is 15.9. The lowest BCUT2D eigenvalue weighted by atomic mass is 9.87. The van der Waals surface area contributed by atoms with Crippen LogP contribution >= 0.6 is 11.3 Å². The molecule has 182 valence electrons. The van der Waals surface area contributed by atoms with Crippen LogP contribution in [0, 0.1) is 12.8 Å². The molecule has 1 aromatic heterocycles. The first-order valence-electron chi connectivity index (χ1n) is 12.0. The zero-order chi connectivity index (χ0) is 23.4. The lowest BCUT2D eigenvalue weighted by Crippen LogP contribution is -2.33. The fraction of sp³-hybridized carbons (Fsp3) is 0.625. The van der Waals surface area contributed by atoms with E-state index in [4.69, 9.17) is 4.74 Å². The summed E-state index contributed by atoms with van der Waals surface area (Å²) in [6.45, 7) is 2.87. The van der Waals surface area contributed by atoms with Crippen molar-refractivity contribution in [2.75, 3.05) is 19.0 Å². The number of methoxy groups -OCH3 is 1. The molecule has 33 heavy (non-hydrogen) atoms. The number of aliphatic hydroxyl groups excluding tert-OH is 1. The number of aliphatic hydroxyl groups is 1. The molecule has 1 aromatic carbocycles. The number of rotatable bonds is 9. The Morgan fingerprint density at radius 2 is 1.97 bits per heavy atom. The molecular weight excluding hydrogens is 458 g/mol. The van der Waals surface area contributed by atoms with Gasteiger partial charge >= 0.3 is 0 Å². The van der Waals surface area contributed by atoms with Gasteiger partial charge in [-0.2, -0.15) is 0 Å². The number of ether oxygens (including phenoxy) is 1. The van der Waals surface area contributed by atoms with Gasteiger partial charge in [-0.25, -0.2) is 18.1 Å². The minimum Gasteiger partial charge on any atom is -0.495 e. The lowest BCUT2D eigenvalue weighted by molar-refractivity contribution is 0.181. The molecule has 0 spiro atoms. The highest BCUT2D eigenvalue weighted by Gasteiger charge is 2.29. The van der Waals surface area contributed by atoms with Crippen molar-refractivity contribution < 1.29 is 18.3 Å². The summed E-state index contributed by atoms with van der Waals surface area (Å²) in [7, 11) is -2.32. The van der Waals surface area contributed by atoms with Crippen molar-refractivity contribution >= 4 is 26.5 Å². The number of nitrogens with zero attached hydrogens (tertiary/aromatic N) is 1. The summed E-state index contributed by atoms with van der Waals surface area (Å²) in [6, 6.07) is 4.98. The second kappa shape index (κ2) is 10.7. The monoisotopic (exact) mass is 493 g/mol. The van der Waals surface area contributed by atoms with Gasteiger partial charge in [0.2, 0.25) is 10.0 Å². The van der Waals surface area contributed by atoms with Crippen LogP contribution < -0.4 is 14.8 Å². The van der Waals surface area contributed by atoms with Crippen molar-refractivity contribution in [2.45, 2.75) is 81.8 Å². The molecule has 2 aliphatic rings. The highest BCUT2D eigenvalue weighted by molar-refractivity contribution is 7.89. The zero-order valence-corrected chi connectivity index (χ0v) is 21.1. The maximum atomic E-state index is 13.1. The van der Waals surface area contributed by atoms with Crippen LogP contribution in [-0.4, -0.2) is 44.3 Å². The molecule has 1 heterocycles. The number of hydrogen-bond acceptors (Lipinski definition) is 7. The van der Waals surface area contributed by atoms with Gasteiger partial charge < -0.3 is 15.2 Å². The summed E-state index contributed by atoms with van der Waals surface area (Å²) in [5.41, 5.74) is 1.68. The fourth-order valence-corrected chi connectivity index (χ4v) is 7.44. The minimum atomic E-state index is -3.79. The summed E-state index contributed by atoms with van der Waals surface area (Å²) in [5, 5.41) is 14.1. The van der Waals surface area contributed by atoms with Gasteiger partial charge in [0.05, 0.1) is 23.8 Å². The van der Waals surface area contributed by atoms with Crippen molar-refractivity contribution in [1.82, 2.24) is 9.71 Å². The Balaban J connectivity index is 1.49. The number of aromatic nitrogens is 1. The zero-order valence-electron chi connectivity index (χ0n) is 19.5. The van der Waals surface area contributed by atoms with Gasteiger partial charge in [0, 0.05) is 12.6 Å². The maximum absolute atomic E-state index is 13.1. The number of sulfonamides is 1. The van der Waals surface area contributed by atoms with Crippen LogP contribution in [0.4, 0.5) is 5.13 Å². The molecule has 9 heteroatoms. The first-order valence-corrected chi connectivity index (χ1v) is 14.3. The lowest BCUT2D eigenvalue weighted by Gasteiger charge is -2.21. The van der Waals surface area contributed by atoms with Crippen molar-refractivity contribution in [3.05, 3.63) is 23.9 Å². The Morgan fingerprint density at radius 1 is 1.18 bits per heavy atom. The van der Waals surface area contributed by atoms with Crippen LogP contribution in [-0.2, 0) is 10.0 Å².